The highest BCUT2D eigenvalue weighted by molar-refractivity contribution is 5.92. The molecule has 15 heavy (non-hydrogen) atoms. The van der Waals surface area contributed by atoms with Crippen molar-refractivity contribution in [2.75, 3.05) is 19.7 Å². The van der Waals surface area contributed by atoms with E-state index in [0.717, 1.165) is 6.54 Å². The van der Waals surface area contributed by atoms with Crippen LogP contribution in [-0.4, -0.2) is 47.5 Å². The third-order valence-corrected chi connectivity index (χ3v) is 1.56. The predicted octanol–water partition coefficient (Wildman–Crippen LogP) is -0.127. The Morgan fingerprint density at radius 3 is 2.20 bits per heavy atom. The largest absolute Gasteiger partial charge is 0.481 e. The molecule has 6 nitrogen and oxygen atoms in total. The number of nitrogens with zero attached hydrogens (tertiary/aromatic N) is 1. The van der Waals surface area contributed by atoms with E-state index >= 15 is 0 Å². The van der Waals surface area contributed by atoms with Gasteiger partial charge in [0.15, 0.2) is 0 Å². The number of carboxylic acids is 1. The van der Waals surface area contributed by atoms with Gasteiger partial charge in [0, 0.05) is 6.54 Å². The first kappa shape index (κ1) is 13.4. The summed E-state index contributed by atoms with van der Waals surface area (Å²) in [5, 5.41) is 8.01. The maximum absolute atomic E-state index is 10.3. The van der Waals surface area contributed by atoms with E-state index in [0.29, 0.717) is 6.54 Å². The molecule has 0 bridgehead atoms. The molecule has 1 rings (SSSR count). The molecule has 1 aliphatic rings. The van der Waals surface area contributed by atoms with Gasteiger partial charge in [-0.15, -0.1) is 0 Å². The van der Waals surface area contributed by atoms with E-state index in [9.17, 15) is 14.4 Å². The number of ether oxygens (including phenoxy) is 1. The van der Waals surface area contributed by atoms with Gasteiger partial charge in [-0.05, 0) is 13.8 Å². The van der Waals surface area contributed by atoms with Gasteiger partial charge >= 0.3 is 11.9 Å². The van der Waals surface area contributed by atoms with Crippen molar-refractivity contribution in [1.29, 1.82) is 0 Å². The van der Waals surface area contributed by atoms with Crippen LogP contribution in [0.1, 0.15) is 20.3 Å². The van der Waals surface area contributed by atoms with Gasteiger partial charge in [0.2, 0.25) is 5.91 Å². The molecule has 1 saturated heterocycles. The topological polar surface area (TPSA) is 83.7 Å². The molecule has 0 saturated carbocycles. The van der Waals surface area contributed by atoms with Crippen molar-refractivity contribution in [3.8, 4) is 0 Å². The average Bonchev–Trinajstić information content (AvgIpc) is 2.82. The van der Waals surface area contributed by atoms with E-state index in [-0.39, 0.29) is 12.5 Å². The molecule has 0 aromatic rings. The molecule has 0 aliphatic carbocycles. The van der Waals surface area contributed by atoms with Crippen LogP contribution in [0.4, 0.5) is 0 Å². The lowest BCUT2D eigenvalue weighted by Gasteiger charge is -1.95. The van der Waals surface area contributed by atoms with Crippen molar-refractivity contribution >= 4 is 17.8 Å². The molecule has 0 unspecified atom stereocenters. The fourth-order valence-corrected chi connectivity index (χ4v) is 0.752. The maximum atomic E-state index is 10.3. The standard InChI is InChI=1S/C5H8O4.C4H7NO/c1-2-9-5(8)3-4(6)7;1-2-5-3-4(5)6/h2-3H2,1H3,(H,6,7);2-3H2,1H3. The van der Waals surface area contributed by atoms with Crippen LogP contribution in [0.3, 0.4) is 0 Å². The molecule has 6 heteroatoms. The van der Waals surface area contributed by atoms with Crippen LogP contribution in [-0.2, 0) is 19.1 Å². The Balaban J connectivity index is 0.000000280. The second-order valence-corrected chi connectivity index (χ2v) is 2.78. The van der Waals surface area contributed by atoms with E-state index < -0.39 is 18.4 Å². The van der Waals surface area contributed by atoms with Gasteiger partial charge in [-0.25, -0.2) is 0 Å². The summed E-state index contributed by atoms with van der Waals surface area (Å²) >= 11 is 0. The Morgan fingerprint density at radius 2 is 2.00 bits per heavy atom. The zero-order valence-electron chi connectivity index (χ0n) is 8.86. The molecule has 1 aliphatic heterocycles. The van der Waals surface area contributed by atoms with Crippen molar-refractivity contribution in [3.05, 3.63) is 0 Å². The Labute approximate surface area is 87.8 Å². The smallest absolute Gasteiger partial charge is 0.317 e. The first-order valence-electron chi connectivity index (χ1n) is 4.66. The van der Waals surface area contributed by atoms with Gasteiger partial charge < -0.3 is 14.7 Å². The molecule has 1 N–H and O–H groups in total. The fraction of sp³-hybridized carbons (Fsp3) is 0.667. The summed E-state index contributed by atoms with van der Waals surface area (Å²) in [6.45, 7) is 5.41. The summed E-state index contributed by atoms with van der Waals surface area (Å²) in [5.74, 6) is -1.56. The number of carboxylic acid groups (broad SMARTS) is 1. The SMILES string of the molecule is CCN1CC1=O.CCOC(=O)CC(=O)O. The van der Waals surface area contributed by atoms with Crippen LogP contribution < -0.4 is 0 Å². The maximum Gasteiger partial charge on any atom is 0.317 e. The van der Waals surface area contributed by atoms with Gasteiger partial charge in [0.05, 0.1) is 13.2 Å². The number of hydrogen-bond donors (Lipinski definition) is 1. The molecule has 0 radical (unpaired) electrons. The molecule has 0 spiro atoms. The highest BCUT2D eigenvalue weighted by Gasteiger charge is 2.26. The summed E-state index contributed by atoms with van der Waals surface area (Å²) in [5.41, 5.74) is 0. The second-order valence-electron chi connectivity index (χ2n) is 2.78. The van der Waals surface area contributed by atoms with Gasteiger partial charge in [0.1, 0.15) is 6.42 Å². The van der Waals surface area contributed by atoms with E-state index in [4.69, 9.17) is 5.11 Å². The molecule has 1 amide bonds. The monoisotopic (exact) mass is 217 g/mol. The van der Waals surface area contributed by atoms with Crippen molar-refractivity contribution in [1.82, 2.24) is 4.90 Å². The molecule has 0 aromatic carbocycles. The van der Waals surface area contributed by atoms with E-state index in [1.807, 2.05) is 6.92 Å². The fourth-order valence-electron chi connectivity index (χ4n) is 0.752. The lowest BCUT2D eigenvalue weighted by atomic mass is 10.4. The second kappa shape index (κ2) is 6.80. The number of esters is 1. The molecular formula is C9H15NO5. The molecule has 0 atom stereocenters. The van der Waals surface area contributed by atoms with Crippen LogP contribution >= 0.6 is 0 Å². The number of rotatable bonds is 4. The Hall–Kier alpha value is -1.59. The zero-order chi connectivity index (χ0) is 11.8. The van der Waals surface area contributed by atoms with Crippen molar-refractivity contribution in [2.45, 2.75) is 20.3 Å². The zero-order valence-corrected chi connectivity index (χ0v) is 8.86. The van der Waals surface area contributed by atoms with Gasteiger partial charge in [-0.1, -0.05) is 0 Å². The lowest BCUT2D eigenvalue weighted by Crippen LogP contribution is -2.09. The Morgan fingerprint density at radius 1 is 1.47 bits per heavy atom. The number of carbonyl (C=O) groups excluding carboxylic acids is 2. The number of likely N-dealkylation sites (N-methyl/N-ethyl adjacent to an activating group) is 1. The number of hydrogen-bond acceptors (Lipinski definition) is 4. The Bertz CT molecular complexity index is 251. The summed E-state index contributed by atoms with van der Waals surface area (Å²) < 4.78 is 4.33. The number of carbonyl (C=O) groups is 3. The normalized spacial score (nSPS) is 12.7. The number of amides is 1. The lowest BCUT2D eigenvalue weighted by molar-refractivity contribution is -0.150. The highest BCUT2D eigenvalue weighted by Crippen LogP contribution is 2.02. The molecule has 1 heterocycles. The Kier molecular flexibility index (Phi) is 6.08. The predicted molar refractivity (Wildman–Crippen MR) is 51.1 cm³/mol. The van der Waals surface area contributed by atoms with Crippen LogP contribution in [0.15, 0.2) is 0 Å². The average molecular weight is 217 g/mol. The van der Waals surface area contributed by atoms with Crippen LogP contribution in [0.2, 0.25) is 0 Å². The third-order valence-electron chi connectivity index (χ3n) is 1.56. The third kappa shape index (κ3) is 7.48. The van der Waals surface area contributed by atoms with Crippen LogP contribution in [0, 0.1) is 0 Å². The molecule has 86 valence electrons. The van der Waals surface area contributed by atoms with E-state index in [1.165, 1.54) is 0 Å². The quantitative estimate of drug-likeness (QED) is 0.403. The van der Waals surface area contributed by atoms with Crippen molar-refractivity contribution in [2.24, 2.45) is 0 Å². The molecule has 0 aromatic heterocycles. The number of aliphatic carboxylic acids is 1. The van der Waals surface area contributed by atoms with Crippen LogP contribution in [0.25, 0.3) is 0 Å². The summed E-state index contributed by atoms with van der Waals surface area (Å²) in [4.78, 5) is 31.9. The van der Waals surface area contributed by atoms with Gasteiger partial charge in [0.25, 0.3) is 0 Å². The van der Waals surface area contributed by atoms with Gasteiger partial charge in [-0.3, -0.25) is 14.4 Å². The summed E-state index contributed by atoms with van der Waals surface area (Å²) in [6.07, 6.45) is -0.548. The summed E-state index contributed by atoms with van der Waals surface area (Å²) in [6, 6.07) is 0. The summed E-state index contributed by atoms with van der Waals surface area (Å²) in [7, 11) is 0. The van der Waals surface area contributed by atoms with Gasteiger partial charge in [-0.2, -0.15) is 0 Å². The van der Waals surface area contributed by atoms with Crippen molar-refractivity contribution in [3.63, 3.8) is 0 Å². The molecule has 1 fully saturated rings. The first-order chi connectivity index (χ1) is 7.01. The minimum Gasteiger partial charge on any atom is -0.481 e. The first-order valence-corrected chi connectivity index (χ1v) is 4.66. The molecular weight excluding hydrogens is 202 g/mol. The van der Waals surface area contributed by atoms with E-state index in [1.54, 1.807) is 11.8 Å². The van der Waals surface area contributed by atoms with Crippen LogP contribution in [0.5, 0.6) is 0 Å². The minimum absolute atomic E-state index is 0.228. The minimum atomic E-state index is -1.16. The van der Waals surface area contributed by atoms with E-state index in [2.05, 4.69) is 4.74 Å². The van der Waals surface area contributed by atoms with Crippen molar-refractivity contribution < 1.29 is 24.2 Å². The highest BCUT2D eigenvalue weighted by atomic mass is 16.5.